The van der Waals surface area contributed by atoms with Crippen molar-refractivity contribution in [2.45, 2.75) is 6.54 Å². The number of rotatable bonds is 2. The van der Waals surface area contributed by atoms with Crippen LogP contribution in [0.25, 0.3) is 0 Å². The van der Waals surface area contributed by atoms with Crippen LogP contribution >= 0.6 is 22.6 Å². The van der Waals surface area contributed by atoms with Gasteiger partial charge in [0.25, 0.3) is 0 Å². The molecule has 2 heteroatoms. The van der Waals surface area contributed by atoms with Crippen LogP contribution < -0.4 is 0 Å². The van der Waals surface area contributed by atoms with Gasteiger partial charge in [-0.3, -0.25) is 0 Å². The molecule has 0 saturated carbocycles. The minimum atomic E-state index is 1.03. The molecule has 0 amide bonds. The molecule has 0 spiro atoms. The number of halogens is 1. The molecule has 0 atom stereocenters. The maximum absolute atomic E-state index is 2.37. The zero-order chi connectivity index (χ0) is 8.27. The summed E-state index contributed by atoms with van der Waals surface area (Å²) in [5.74, 6) is 0. The molecule has 0 bridgehead atoms. The predicted molar refractivity (Wildman–Crippen MR) is 56.6 cm³/mol. The van der Waals surface area contributed by atoms with Crippen molar-refractivity contribution in [3.8, 4) is 0 Å². The summed E-state index contributed by atoms with van der Waals surface area (Å²) in [5, 5.41) is 0. The minimum Gasteiger partial charge on any atom is -0.305 e. The van der Waals surface area contributed by atoms with Crippen molar-refractivity contribution in [3.05, 3.63) is 33.4 Å². The van der Waals surface area contributed by atoms with Crippen LogP contribution in [-0.2, 0) is 6.54 Å². The molecule has 1 aromatic carbocycles. The average Bonchev–Trinajstić information content (AvgIpc) is 1.93. The Kier molecular flexibility index (Phi) is 3.33. The van der Waals surface area contributed by atoms with Crippen LogP contribution in [-0.4, -0.2) is 19.0 Å². The zero-order valence-electron chi connectivity index (χ0n) is 6.84. The molecule has 0 aliphatic heterocycles. The normalized spacial score (nSPS) is 10.5. The smallest absolute Gasteiger partial charge is 0.0238 e. The van der Waals surface area contributed by atoms with Crippen LogP contribution in [0.2, 0.25) is 0 Å². The van der Waals surface area contributed by atoms with Gasteiger partial charge in [-0.2, -0.15) is 0 Å². The fourth-order valence-electron chi connectivity index (χ4n) is 0.967. The average molecular weight is 261 g/mol. The molecule has 1 nitrogen and oxygen atoms in total. The van der Waals surface area contributed by atoms with Crippen LogP contribution in [0.4, 0.5) is 0 Å². The van der Waals surface area contributed by atoms with E-state index < -0.39 is 0 Å². The second-order valence-corrected chi connectivity index (χ2v) is 3.99. The van der Waals surface area contributed by atoms with Crippen molar-refractivity contribution in [1.82, 2.24) is 4.90 Å². The molecule has 1 aromatic rings. The zero-order valence-corrected chi connectivity index (χ0v) is 9.00. The number of hydrogen-bond acceptors (Lipinski definition) is 1. The van der Waals surface area contributed by atoms with E-state index in [1.165, 1.54) is 9.13 Å². The molecule has 1 rings (SSSR count). The Morgan fingerprint density at radius 3 is 2.45 bits per heavy atom. The predicted octanol–water partition coefficient (Wildman–Crippen LogP) is 2.35. The third-order valence-electron chi connectivity index (χ3n) is 1.44. The molecular weight excluding hydrogens is 249 g/mol. The highest BCUT2D eigenvalue weighted by Crippen LogP contribution is 2.12. The largest absolute Gasteiger partial charge is 0.305 e. The van der Waals surface area contributed by atoms with Crippen molar-refractivity contribution in [2.75, 3.05) is 14.1 Å². The van der Waals surface area contributed by atoms with E-state index in [1.54, 1.807) is 0 Å². The topological polar surface area (TPSA) is 3.24 Å². The van der Waals surface area contributed by atoms with Crippen molar-refractivity contribution < 1.29 is 0 Å². The highest BCUT2D eigenvalue weighted by atomic mass is 127. The van der Waals surface area contributed by atoms with Crippen LogP contribution in [0, 0.1) is 3.57 Å². The Morgan fingerprint density at radius 1 is 1.27 bits per heavy atom. The van der Waals surface area contributed by atoms with Gasteiger partial charge in [-0.15, -0.1) is 0 Å². The first kappa shape index (κ1) is 9.00. The number of benzene rings is 1. The quantitative estimate of drug-likeness (QED) is 0.739. The van der Waals surface area contributed by atoms with E-state index in [0.29, 0.717) is 0 Å². The Hall–Kier alpha value is -0.0900. The molecule has 0 saturated heterocycles. The second-order valence-electron chi connectivity index (χ2n) is 2.83. The molecule has 0 fully saturated rings. The van der Waals surface area contributed by atoms with E-state index in [9.17, 15) is 0 Å². The first-order valence-electron chi connectivity index (χ1n) is 3.58. The Morgan fingerprint density at radius 2 is 1.91 bits per heavy atom. The summed E-state index contributed by atoms with van der Waals surface area (Å²) in [4.78, 5) is 2.18. The summed E-state index contributed by atoms with van der Waals surface area (Å²) in [6.45, 7) is 1.03. The first-order valence-corrected chi connectivity index (χ1v) is 4.66. The van der Waals surface area contributed by atoms with Crippen LogP contribution in [0.3, 0.4) is 0 Å². The molecule has 60 valence electrons. The lowest BCUT2D eigenvalue weighted by molar-refractivity contribution is 0.401. The molecule has 0 radical (unpaired) electrons. The lowest BCUT2D eigenvalue weighted by atomic mass is 10.2. The van der Waals surface area contributed by atoms with Crippen LogP contribution in [0.5, 0.6) is 0 Å². The molecule has 0 N–H and O–H groups in total. The minimum absolute atomic E-state index is 1.03. The van der Waals surface area contributed by atoms with Gasteiger partial charge in [0.05, 0.1) is 0 Å². The van der Waals surface area contributed by atoms with E-state index in [0.717, 1.165) is 6.54 Å². The van der Waals surface area contributed by atoms with E-state index in [1.807, 2.05) is 0 Å². The summed E-state index contributed by atoms with van der Waals surface area (Å²) in [5.41, 5.74) is 1.40. The highest BCUT2D eigenvalue weighted by molar-refractivity contribution is 14.1. The van der Waals surface area contributed by atoms with Gasteiger partial charge in [-0.05, 0) is 48.3 Å². The fourth-order valence-corrected chi connectivity index (χ4v) is 1.53. The number of hydrogen-bond donors (Lipinski definition) is 0. The maximum Gasteiger partial charge on any atom is 0.0238 e. The third kappa shape index (κ3) is 2.79. The summed E-state index contributed by atoms with van der Waals surface area (Å²) in [7, 11) is 4.17. The van der Waals surface area contributed by atoms with E-state index in [2.05, 4.69) is 65.9 Å². The van der Waals surface area contributed by atoms with Gasteiger partial charge in [0, 0.05) is 10.1 Å². The van der Waals surface area contributed by atoms with Crippen LogP contribution in [0.15, 0.2) is 24.3 Å². The van der Waals surface area contributed by atoms with Crippen molar-refractivity contribution in [2.24, 2.45) is 0 Å². The molecule has 11 heavy (non-hydrogen) atoms. The lowest BCUT2D eigenvalue weighted by Gasteiger charge is -2.10. The molecule has 0 unspecified atom stereocenters. The molecule has 0 aliphatic rings. The summed E-state index contributed by atoms with van der Waals surface area (Å²) in [6, 6.07) is 8.46. The van der Waals surface area contributed by atoms with E-state index >= 15 is 0 Å². The van der Waals surface area contributed by atoms with E-state index in [4.69, 9.17) is 0 Å². The van der Waals surface area contributed by atoms with Crippen molar-refractivity contribution >= 4 is 22.6 Å². The van der Waals surface area contributed by atoms with Gasteiger partial charge in [0.2, 0.25) is 0 Å². The SMILES string of the molecule is CN(C)Cc1ccccc1I. The maximum atomic E-state index is 2.37. The Balaban J connectivity index is 2.78. The van der Waals surface area contributed by atoms with Crippen molar-refractivity contribution in [3.63, 3.8) is 0 Å². The Bertz CT molecular complexity index is 233. The first-order chi connectivity index (χ1) is 5.20. The van der Waals surface area contributed by atoms with Gasteiger partial charge in [0.15, 0.2) is 0 Å². The van der Waals surface area contributed by atoms with Crippen molar-refractivity contribution in [1.29, 1.82) is 0 Å². The third-order valence-corrected chi connectivity index (χ3v) is 2.50. The van der Waals surface area contributed by atoms with Crippen LogP contribution in [0.1, 0.15) is 5.56 Å². The van der Waals surface area contributed by atoms with Gasteiger partial charge in [-0.25, -0.2) is 0 Å². The number of nitrogens with zero attached hydrogens (tertiary/aromatic N) is 1. The molecule has 0 aliphatic carbocycles. The van der Waals surface area contributed by atoms with Gasteiger partial charge >= 0.3 is 0 Å². The summed E-state index contributed by atoms with van der Waals surface area (Å²) in [6.07, 6.45) is 0. The molecular formula is C9H12IN. The Labute approximate surface area is 81.5 Å². The molecule has 0 heterocycles. The monoisotopic (exact) mass is 261 g/mol. The standard InChI is InChI=1S/C9H12IN/c1-11(2)7-8-5-3-4-6-9(8)10/h3-6H,7H2,1-2H3. The fraction of sp³-hybridized carbons (Fsp3) is 0.333. The lowest BCUT2D eigenvalue weighted by Crippen LogP contribution is -2.11. The second kappa shape index (κ2) is 4.07. The van der Waals surface area contributed by atoms with Gasteiger partial charge in [-0.1, -0.05) is 18.2 Å². The van der Waals surface area contributed by atoms with Gasteiger partial charge in [0.1, 0.15) is 0 Å². The van der Waals surface area contributed by atoms with E-state index in [-0.39, 0.29) is 0 Å². The summed E-state index contributed by atoms with van der Waals surface area (Å²) >= 11 is 2.37. The highest BCUT2D eigenvalue weighted by Gasteiger charge is 1.97. The molecule has 0 aromatic heterocycles. The summed E-state index contributed by atoms with van der Waals surface area (Å²) < 4.78 is 1.35. The van der Waals surface area contributed by atoms with Gasteiger partial charge < -0.3 is 4.90 Å².